The minimum absolute atomic E-state index is 0.107. The molecule has 0 aliphatic carbocycles. The second-order valence-corrected chi connectivity index (χ2v) is 8.59. The van der Waals surface area contributed by atoms with Crippen molar-refractivity contribution < 1.29 is 22.7 Å². The van der Waals surface area contributed by atoms with Gasteiger partial charge in [0.25, 0.3) is 5.91 Å². The zero-order valence-corrected chi connectivity index (χ0v) is 16.5. The molecule has 0 aromatic heterocycles. The van der Waals surface area contributed by atoms with E-state index in [9.17, 15) is 18.0 Å². The lowest BCUT2D eigenvalue weighted by Gasteiger charge is -2.17. The van der Waals surface area contributed by atoms with Crippen molar-refractivity contribution >= 4 is 27.4 Å². The van der Waals surface area contributed by atoms with Crippen molar-refractivity contribution in [1.29, 1.82) is 0 Å². The van der Waals surface area contributed by atoms with Crippen LogP contribution in [0.5, 0.6) is 0 Å². The zero-order valence-electron chi connectivity index (χ0n) is 15.7. The molecule has 0 aliphatic heterocycles. The van der Waals surface area contributed by atoms with Crippen LogP contribution >= 0.6 is 0 Å². The zero-order chi connectivity index (χ0) is 20.2. The molecule has 1 N–H and O–H groups in total. The number of carbonyl (C=O) groups excluding carboxylic acids is 2. The van der Waals surface area contributed by atoms with E-state index in [0.29, 0.717) is 5.69 Å². The van der Waals surface area contributed by atoms with Crippen LogP contribution in [-0.2, 0) is 19.4 Å². The number of benzene rings is 2. The lowest BCUT2D eigenvalue weighted by atomic mass is 10.0. The first-order valence-corrected chi connectivity index (χ1v) is 10.4. The van der Waals surface area contributed by atoms with E-state index in [1.165, 1.54) is 31.2 Å². The van der Waals surface area contributed by atoms with Crippen LogP contribution in [0.2, 0.25) is 0 Å². The number of sulfone groups is 1. The molecule has 0 aliphatic rings. The van der Waals surface area contributed by atoms with Crippen molar-refractivity contribution in [3.8, 4) is 0 Å². The lowest BCUT2D eigenvalue weighted by Crippen LogP contribution is -2.30. The number of esters is 1. The molecule has 1 amide bonds. The Morgan fingerprint density at radius 2 is 1.56 bits per heavy atom. The van der Waals surface area contributed by atoms with E-state index in [0.717, 1.165) is 11.8 Å². The molecule has 1 atom stereocenters. The van der Waals surface area contributed by atoms with Gasteiger partial charge in [-0.15, -0.1) is 0 Å². The summed E-state index contributed by atoms with van der Waals surface area (Å²) in [6.07, 6.45) is 0.0779. The van der Waals surface area contributed by atoms with Crippen LogP contribution in [0.3, 0.4) is 0 Å². The van der Waals surface area contributed by atoms with E-state index < -0.39 is 27.8 Å². The summed E-state index contributed by atoms with van der Waals surface area (Å²) in [6.45, 7) is 5.53. The lowest BCUT2D eigenvalue weighted by molar-refractivity contribution is -0.123. The Kier molecular flexibility index (Phi) is 6.38. The van der Waals surface area contributed by atoms with E-state index in [2.05, 4.69) is 5.32 Å². The van der Waals surface area contributed by atoms with E-state index in [1.807, 2.05) is 32.0 Å². The fourth-order valence-corrected chi connectivity index (χ4v) is 3.10. The third-order valence-corrected chi connectivity index (χ3v) is 5.14. The van der Waals surface area contributed by atoms with Crippen molar-refractivity contribution in [1.82, 2.24) is 0 Å². The molecule has 27 heavy (non-hydrogen) atoms. The van der Waals surface area contributed by atoms with Crippen molar-refractivity contribution in [2.24, 2.45) is 0 Å². The summed E-state index contributed by atoms with van der Waals surface area (Å²) in [6, 6.07) is 12.8. The molecule has 2 rings (SSSR count). The van der Waals surface area contributed by atoms with E-state index in [-0.39, 0.29) is 16.4 Å². The highest BCUT2D eigenvalue weighted by atomic mass is 32.2. The van der Waals surface area contributed by atoms with E-state index in [4.69, 9.17) is 4.74 Å². The highest BCUT2D eigenvalue weighted by Gasteiger charge is 2.20. The van der Waals surface area contributed by atoms with Crippen LogP contribution in [0, 0.1) is 0 Å². The molecule has 0 unspecified atom stereocenters. The number of hydrogen-bond acceptors (Lipinski definition) is 5. The maximum Gasteiger partial charge on any atom is 0.338 e. The van der Waals surface area contributed by atoms with Gasteiger partial charge < -0.3 is 10.1 Å². The first-order chi connectivity index (χ1) is 12.6. The molecular weight excluding hydrogens is 366 g/mol. The average molecular weight is 389 g/mol. The molecule has 2 aromatic rings. The number of anilines is 1. The fraction of sp³-hybridized carbons (Fsp3) is 0.300. The Labute approximate surface area is 159 Å². The van der Waals surface area contributed by atoms with Crippen LogP contribution in [0.4, 0.5) is 5.69 Å². The molecule has 2 aromatic carbocycles. The van der Waals surface area contributed by atoms with Gasteiger partial charge in [0.05, 0.1) is 10.5 Å². The molecule has 0 spiro atoms. The normalized spacial score (nSPS) is 12.5. The number of hydrogen-bond donors (Lipinski definition) is 1. The molecule has 0 bridgehead atoms. The Hall–Kier alpha value is -2.67. The molecule has 0 fully saturated rings. The van der Waals surface area contributed by atoms with Crippen LogP contribution in [0.1, 0.15) is 42.6 Å². The number of ether oxygens (including phenoxy) is 1. The van der Waals surface area contributed by atoms with Gasteiger partial charge in [0, 0.05) is 11.9 Å². The van der Waals surface area contributed by atoms with Gasteiger partial charge >= 0.3 is 5.97 Å². The number of nitrogens with one attached hydrogen (secondary N) is 1. The van der Waals surface area contributed by atoms with Crippen LogP contribution in [-0.4, -0.2) is 32.7 Å². The van der Waals surface area contributed by atoms with Gasteiger partial charge in [-0.25, -0.2) is 13.2 Å². The van der Waals surface area contributed by atoms with Crippen molar-refractivity contribution in [2.75, 3.05) is 11.6 Å². The topological polar surface area (TPSA) is 89.5 Å². The first-order valence-electron chi connectivity index (χ1n) is 8.50. The first kappa shape index (κ1) is 20.6. The summed E-state index contributed by atoms with van der Waals surface area (Å²) < 4.78 is 28.1. The average Bonchev–Trinajstić information content (AvgIpc) is 2.61. The molecule has 0 saturated carbocycles. The molecule has 0 saturated heterocycles. The SMILES string of the molecule is CC(C)c1ccccc1NC(=O)[C@H](C)OC(=O)c1ccc(S(C)(=O)=O)cc1. The van der Waals surface area contributed by atoms with Gasteiger partial charge in [0.2, 0.25) is 0 Å². The minimum Gasteiger partial charge on any atom is -0.449 e. The van der Waals surface area contributed by atoms with Gasteiger partial charge in [-0.3, -0.25) is 4.79 Å². The fourth-order valence-electron chi connectivity index (χ4n) is 2.47. The van der Waals surface area contributed by atoms with E-state index >= 15 is 0 Å². The van der Waals surface area contributed by atoms with E-state index in [1.54, 1.807) is 6.07 Å². The predicted molar refractivity (Wildman–Crippen MR) is 104 cm³/mol. The maximum absolute atomic E-state index is 12.4. The third kappa shape index (κ3) is 5.40. The summed E-state index contributed by atoms with van der Waals surface area (Å²) >= 11 is 0. The standard InChI is InChI=1S/C20H23NO5S/c1-13(2)17-7-5-6-8-18(17)21-19(22)14(3)26-20(23)15-9-11-16(12-10-15)27(4,24)25/h5-14H,1-4H3,(H,21,22)/t14-/m0/s1. The van der Waals surface area contributed by atoms with Gasteiger partial charge in [-0.05, 0) is 48.7 Å². The summed E-state index contributed by atoms with van der Waals surface area (Å²) in [5.74, 6) is -0.910. The minimum atomic E-state index is -3.34. The molecule has 7 heteroatoms. The maximum atomic E-state index is 12.4. The predicted octanol–water partition coefficient (Wildman–Crippen LogP) is 3.40. The molecule has 6 nitrogen and oxygen atoms in total. The van der Waals surface area contributed by atoms with Gasteiger partial charge in [0.1, 0.15) is 0 Å². The second kappa shape index (κ2) is 8.35. The summed E-state index contributed by atoms with van der Waals surface area (Å²) in [5.41, 5.74) is 1.84. The van der Waals surface area contributed by atoms with Crippen LogP contribution in [0.25, 0.3) is 0 Å². The Balaban J connectivity index is 2.05. The molecule has 0 heterocycles. The quantitative estimate of drug-likeness (QED) is 0.765. The Bertz CT molecular complexity index is 933. The molecule has 144 valence electrons. The summed E-state index contributed by atoms with van der Waals surface area (Å²) in [4.78, 5) is 24.7. The smallest absolute Gasteiger partial charge is 0.338 e. The number of para-hydroxylation sites is 1. The van der Waals surface area contributed by atoms with Crippen LogP contribution in [0.15, 0.2) is 53.4 Å². The largest absolute Gasteiger partial charge is 0.449 e. The monoisotopic (exact) mass is 389 g/mol. The highest BCUT2D eigenvalue weighted by Crippen LogP contribution is 2.24. The number of amides is 1. The van der Waals surface area contributed by atoms with Gasteiger partial charge in [-0.2, -0.15) is 0 Å². The van der Waals surface area contributed by atoms with Gasteiger partial charge in [0.15, 0.2) is 15.9 Å². The molecule has 0 radical (unpaired) electrons. The molecular formula is C20H23NO5S. The second-order valence-electron chi connectivity index (χ2n) is 6.58. The van der Waals surface area contributed by atoms with Crippen molar-refractivity contribution in [3.05, 3.63) is 59.7 Å². The Morgan fingerprint density at radius 3 is 2.11 bits per heavy atom. The number of rotatable bonds is 6. The highest BCUT2D eigenvalue weighted by molar-refractivity contribution is 7.90. The number of carbonyl (C=O) groups is 2. The summed E-state index contributed by atoms with van der Waals surface area (Å²) in [7, 11) is -3.34. The third-order valence-electron chi connectivity index (χ3n) is 4.01. The Morgan fingerprint density at radius 1 is 0.963 bits per heavy atom. The van der Waals surface area contributed by atoms with Crippen molar-refractivity contribution in [3.63, 3.8) is 0 Å². The van der Waals surface area contributed by atoms with Gasteiger partial charge in [-0.1, -0.05) is 32.0 Å². The van der Waals surface area contributed by atoms with Crippen molar-refractivity contribution in [2.45, 2.75) is 37.7 Å². The summed E-state index contributed by atoms with van der Waals surface area (Å²) in [5, 5.41) is 2.78. The van der Waals surface area contributed by atoms with Crippen LogP contribution < -0.4 is 5.32 Å².